The number of carbonyl (C=O) groups excluding carboxylic acids is 1. The minimum absolute atomic E-state index is 0.00584. The number of halogens is 1. The summed E-state index contributed by atoms with van der Waals surface area (Å²) in [7, 11) is 0. The Morgan fingerprint density at radius 1 is 1.38 bits per heavy atom. The van der Waals surface area contributed by atoms with Crippen LogP contribution in [0.5, 0.6) is 0 Å². The predicted molar refractivity (Wildman–Crippen MR) is 87.1 cm³/mol. The maximum atomic E-state index is 12.5. The number of nitrogens with one attached hydrogen (secondary N) is 1. The zero-order valence-electron chi connectivity index (χ0n) is 12.5. The highest BCUT2D eigenvalue weighted by Crippen LogP contribution is 2.22. The maximum absolute atomic E-state index is 12.5. The summed E-state index contributed by atoms with van der Waals surface area (Å²) in [5.41, 5.74) is 0.596. The molecule has 0 spiro atoms. The predicted octanol–water partition coefficient (Wildman–Crippen LogP) is 3.49. The van der Waals surface area contributed by atoms with Crippen molar-refractivity contribution in [3.05, 3.63) is 53.0 Å². The van der Waals surface area contributed by atoms with Crippen LogP contribution in [-0.2, 0) is 6.54 Å². The Labute approximate surface area is 133 Å². The van der Waals surface area contributed by atoms with Crippen molar-refractivity contribution >= 4 is 21.8 Å². The third-order valence-electron chi connectivity index (χ3n) is 3.42. The van der Waals surface area contributed by atoms with Crippen LogP contribution in [0.3, 0.4) is 0 Å². The van der Waals surface area contributed by atoms with E-state index in [0.717, 1.165) is 4.47 Å². The first-order valence-corrected chi connectivity index (χ1v) is 7.68. The van der Waals surface area contributed by atoms with Crippen molar-refractivity contribution in [2.75, 3.05) is 0 Å². The fourth-order valence-electron chi connectivity index (χ4n) is 2.02. The Hall–Kier alpha value is -1.62. The summed E-state index contributed by atoms with van der Waals surface area (Å²) in [6.45, 7) is 7.05. The van der Waals surface area contributed by atoms with Gasteiger partial charge < -0.3 is 9.88 Å². The van der Waals surface area contributed by atoms with Crippen LogP contribution >= 0.6 is 15.9 Å². The standard InChI is InChI=1S/C16H20BrN3O/c1-16(2,3)14(10-20-9-8-18-11-20)19-15(21)12-6-4-5-7-13(12)17/h4-9,11,14H,10H2,1-3H3,(H,19,21). The second-order valence-corrected chi connectivity index (χ2v) is 6.99. The smallest absolute Gasteiger partial charge is 0.252 e. The number of hydrogen-bond donors (Lipinski definition) is 1. The molecule has 2 rings (SSSR count). The normalized spacial score (nSPS) is 13.0. The van der Waals surface area contributed by atoms with Gasteiger partial charge in [-0.05, 0) is 33.5 Å². The van der Waals surface area contributed by atoms with E-state index in [1.54, 1.807) is 12.5 Å². The van der Waals surface area contributed by atoms with Crippen molar-refractivity contribution in [3.8, 4) is 0 Å². The lowest BCUT2D eigenvalue weighted by Gasteiger charge is -2.32. The summed E-state index contributed by atoms with van der Waals surface area (Å²) in [5, 5.41) is 3.13. The second-order valence-electron chi connectivity index (χ2n) is 6.13. The van der Waals surface area contributed by atoms with Crippen LogP contribution in [-0.4, -0.2) is 21.5 Å². The lowest BCUT2D eigenvalue weighted by Crippen LogP contribution is -2.46. The SMILES string of the molecule is CC(C)(C)C(Cn1ccnc1)NC(=O)c1ccccc1Br. The van der Waals surface area contributed by atoms with E-state index in [-0.39, 0.29) is 17.4 Å². The Bertz CT molecular complexity index is 602. The van der Waals surface area contributed by atoms with E-state index in [4.69, 9.17) is 0 Å². The van der Waals surface area contributed by atoms with Gasteiger partial charge in [0.05, 0.1) is 17.9 Å². The number of amides is 1. The molecule has 112 valence electrons. The van der Waals surface area contributed by atoms with Crippen molar-refractivity contribution in [1.29, 1.82) is 0 Å². The fraction of sp³-hybridized carbons (Fsp3) is 0.375. The van der Waals surface area contributed by atoms with Crippen LogP contribution in [0.25, 0.3) is 0 Å². The maximum Gasteiger partial charge on any atom is 0.252 e. The van der Waals surface area contributed by atoms with Crippen LogP contribution in [0, 0.1) is 5.41 Å². The largest absolute Gasteiger partial charge is 0.347 e. The van der Waals surface area contributed by atoms with Crippen molar-refractivity contribution < 1.29 is 4.79 Å². The Balaban J connectivity index is 2.16. The van der Waals surface area contributed by atoms with Gasteiger partial charge in [-0.15, -0.1) is 0 Å². The topological polar surface area (TPSA) is 46.9 Å². The van der Waals surface area contributed by atoms with Crippen LogP contribution in [0.15, 0.2) is 47.5 Å². The molecule has 0 aliphatic carbocycles. The van der Waals surface area contributed by atoms with Crippen LogP contribution in [0.2, 0.25) is 0 Å². The van der Waals surface area contributed by atoms with Gasteiger partial charge in [0.2, 0.25) is 0 Å². The minimum atomic E-state index is -0.0671. The van der Waals surface area contributed by atoms with E-state index in [9.17, 15) is 4.79 Å². The molecule has 0 bridgehead atoms. The first-order valence-electron chi connectivity index (χ1n) is 6.89. The second kappa shape index (κ2) is 6.43. The number of aromatic nitrogens is 2. The highest BCUT2D eigenvalue weighted by atomic mass is 79.9. The van der Waals surface area contributed by atoms with E-state index >= 15 is 0 Å². The summed E-state index contributed by atoms with van der Waals surface area (Å²) in [6.07, 6.45) is 5.42. The molecule has 4 nitrogen and oxygen atoms in total. The van der Waals surface area contributed by atoms with Gasteiger partial charge in [-0.1, -0.05) is 32.9 Å². The average Bonchev–Trinajstić information content (AvgIpc) is 2.90. The third-order valence-corrected chi connectivity index (χ3v) is 4.11. The third kappa shape index (κ3) is 4.17. The van der Waals surface area contributed by atoms with Crippen molar-refractivity contribution in [2.24, 2.45) is 5.41 Å². The highest BCUT2D eigenvalue weighted by molar-refractivity contribution is 9.10. The van der Waals surface area contributed by atoms with E-state index in [1.807, 2.05) is 35.0 Å². The van der Waals surface area contributed by atoms with Gasteiger partial charge in [-0.3, -0.25) is 4.79 Å². The molecule has 1 amide bonds. The van der Waals surface area contributed by atoms with Gasteiger partial charge in [0.15, 0.2) is 0 Å². The van der Waals surface area contributed by atoms with E-state index in [0.29, 0.717) is 12.1 Å². The molecular formula is C16H20BrN3O. The average molecular weight is 350 g/mol. The van der Waals surface area contributed by atoms with Gasteiger partial charge in [-0.2, -0.15) is 0 Å². The summed E-state index contributed by atoms with van der Waals surface area (Å²) >= 11 is 3.42. The van der Waals surface area contributed by atoms with Gasteiger partial charge in [0, 0.05) is 23.4 Å². The number of rotatable bonds is 4. The van der Waals surface area contributed by atoms with Crippen molar-refractivity contribution in [2.45, 2.75) is 33.4 Å². The Kier molecular flexibility index (Phi) is 4.83. The molecule has 1 heterocycles. The van der Waals surface area contributed by atoms with Crippen LogP contribution < -0.4 is 5.32 Å². The zero-order valence-corrected chi connectivity index (χ0v) is 14.1. The Morgan fingerprint density at radius 2 is 2.10 bits per heavy atom. The molecule has 0 saturated carbocycles. The van der Waals surface area contributed by atoms with E-state index < -0.39 is 0 Å². The molecule has 0 aliphatic rings. The van der Waals surface area contributed by atoms with Crippen LogP contribution in [0.1, 0.15) is 31.1 Å². The van der Waals surface area contributed by atoms with Crippen LogP contribution in [0.4, 0.5) is 0 Å². The fourth-order valence-corrected chi connectivity index (χ4v) is 2.49. The molecular weight excluding hydrogens is 330 g/mol. The summed E-state index contributed by atoms with van der Waals surface area (Å²) < 4.78 is 2.79. The lowest BCUT2D eigenvalue weighted by molar-refractivity contribution is 0.0892. The number of benzene rings is 1. The summed E-state index contributed by atoms with van der Waals surface area (Å²) in [4.78, 5) is 16.5. The van der Waals surface area contributed by atoms with Gasteiger partial charge in [0.25, 0.3) is 5.91 Å². The van der Waals surface area contributed by atoms with E-state index in [2.05, 4.69) is 47.0 Å². The van der Waals surface area contributed by atoms with Crippen molar-refractivity contribution in [1.82, 2.24) is 14.9 Å². The first kappa shape index (κ1) is 15.8. The molecule has 0 fully saturated rings. The molecule has 21 heavy (non-hydrogen) atoms. The highest BCUT2D eigenvalue weighted by Gasteiger charge is 2.27. The first-order chi connectivity index (χ1) is 9.88. The number of hydrogen-bond acceptors (Lipinski definition) is 2. The minimum Gasteiger partial charge on any atom is -0.347 e. The summed E-state index contributed by atoms with van der Waals surface area (Å²) in [6, 6.07) is 7.45. The molecule has 0 saturated heterocycles. The summed E-state index contributed by atoms with van der Waals surface area (Å²) in [5.74, 6) is -0.0671. The molecule has 0 radical (unpaired) electrons. The molecule has 0 aliphatic heterocycles. The number of carbonyl (C=O) groups is 1. The molecule has 1 aromatic carbocycles. The monoisotopic (exact) mass is 349 g/mol. The quantitative estimate of drug-likeness (QED) is 0.918. The van der Waals surface area contributed by atoms with Gasteiger partial charge >= 0.3 is 0 Å². The molecule has 5 heteroatoms. The molecule has 1 unspecified atom stereocenters. The zero-order chi connectivity index (χ0) is 15.5. The molecule has 1 aromatic heterocycles. The molecule has 2 aromatic rings. The molecule has 1 atom stereocenters. The molecule has 1 N–H and O–H groups in total. The van der Waals surface area contributed by atoms with Gasteiger partial charge in [0.1, 0.15) is 0 Å². The van der Waals surface area contributed by atoms with E-state index in [1.165, 1.54) is 0 Å². The lowest BCUT2D eigenvalue weighted by atomic mass is 9.86. The Morgan fingerprint density at radius 3 is 2.67 bits per heavy atom. The van der Waals surface area contributed by atoms with Gasteiger partial charge in [-0.25, -0.2) is 4.98 Å². The number of nitrogens with zero attached hydrogens (tertiary/aromatic N) is 2. The van der Waals surface area contributed by atoms with Crippen molar-refractivity contribution in [3.63, 3.8) is 0 Å². The number of imidazole rings is 1.